The van der Waals surface area contributed by atoms with Crippen LogP contribution in [0.2, 0.25) is 0 Å². The summed E-state index contributed by atoms with van der Waals surface area (Å²) in [5, 5.41) is 4.57. The van der Waals surface area contributed by atoms with Crippen LogP contribution in [0.15, 0.2) is 26.5 Å². The van der Waals surface area contributed by atoms with Crippen LogP contribution < -0.4 is 16.8 Å². The lowest BCUT2D eigenvalue weighted by Crippen LogP contribution is -2.41. The summed E-state index contributed by atoms with van der Waals surface area (Å²) in [4.78, 5) is 53.7. The fraction of sp³-hybridized carbons (Fsp3) is 0.526. The SMILES string of the molecule is O=C(c1cc(=O)[nH]c(=O)[nH]1)N1CCC(Cn2nc3c(cc2=O)CCCC3)CC1. The van der Waals surface area contributed by atoms with E-state index in [1.54, 1.807) is 15.6 Å². The Hall–Kier alpha value is -2.97. The lowest BCUT2D eigenvalue weighted by molar-refractivity contribution is 0.0673. The maximum absolute atomic E-state index is 12.5. The summed E-state index contributed by atoms with van der Waals surface area (Å²) >= 11 is 0. The first-order valence-electron chi connectivity index (χ1n) is 9.72. The van der Waals surface area contributed by atoms with Crippen LogP contribution in [0.3, 0.4) is 0 Å². The van der Waals surface area contributed by atoms with Gasteiger partial charge in [-0.05, 0) is 50.0 Å². The van der Waals surface area contributed by atoms with Gasteiger partial charge in [-0.15, -0.1) is 0 Å². The van der Waals surface area contributed by atoms with Crippen molar-refractivity contribution in [2.45, 2.75) is 45.1 Å². The molecule has 1 aliphatic carbocycles. The molecule has 2 N–H and O–H groups in total. The summed E-state index contributed by atoms with van der Waals surface area (Å²) in [5.74, 6) is -0.0974. The summed E-state index contributed by atoms with van der Waals surface area (Å²) < 4.78 is 1.57. The molecular formula is C19H23N5O4. The van der Waals surface area contributed by atoms with Gasteiger partial charge in [-0.25, -0.2) is 9.48 Å². The summed E-state index contributed by atoms with van der Waals surface area (Å²) in [6, 6.07) is 2.83. The highest BCUT2D eigenvalue weighted by molar-refractivity contribution is 5.92. The number of fused-ring (bicyclic) bond motifs is 1. The van der Waals surface area contributed by atoms with Crippen molar-refractivity contribution in [1.82, 2.24) is 24.6 Å². The third kappa shape index (κ3) is 3.83. The minimum Gasteiger partial charge on any atom is -0.337 e. The Morgan fingerprint density at radius 3 is 2.57 bits per heavy atom. The highest BCUT2D eigenvalue weighted by Gasteiger charge is 2.25. The Morgan fingerprint density at radius 2 is 1.82 bits per heavy atom. The van der Waals surface area contributed by atoms with Crippen LogP contribution >= 0.6 is 0 Å². The van der Waals surface area contributed by atoms with Crippen molar-refractivity contribution in [2.75, 3.05) is 13.1 Å². The summed E-state index contributed by atoms with van der Waals surface area (Å²) in [6.45, 7) is 1.58. The van der Waals surface area contributed by atoms with Gasteiger partial charge < -0.3 is 9.88 Å². The van der Waals surface area contributed by atoms with Crippen LogP contribution in [-0.4, -0.2) is 43.6 Å². The number of aromatic nitrogens is 4. The fourth-order valence-corrected chi connectivity index (χ4v) is 4.05. The standard InChI is InChI=1S/C19H23N5O4/c25-16-10-15(20-19(28)21-16)18(27)23-7-5-12(6-8-23)11-24-17(26)9-13-3-1-2-4-14(13)22-24/h9-10,12H,1-8,11H2,(H2,20,21,25,28). The van der Waals surface area contributed by atoms with E-state index in [0.29, 0.717) is 19.6 Å². The van der Waals surface area contributed by atoms with E-state index in [1.165, 1.54) is 0 Å². The van der Waals surface area contributed by atoms with Gasteiger partial charge >= 0.3 is 5.69 Å². The number of rotatable bonds is 3. The Kier molecular flexibility index (Phi) is 4.97. The predicted octanol–water partition coefficient (Wildman–Crippen LogP) is 0.0511. The second-order valence-corrected chi connectivity index (χ2v) is 7.58. The van der Waals surface area contributed by atoms with Crippen LogP contribution in [-0.2, 0) is 19.4 Å². The first kappa shape index (κ1) is 18.4. The van der Waals surface area contributed by atoms with E-state index < -0.39 is 11.2 Å². The van der Waals surface area contributed by atoms with Crippen LogP contribution in [0.4, 0.5) is 0 Å². The molecule has 0 atom stereocenters. The number of H-pyrrole nitrogens is 2. The number of aromatic amines is 2. The zero-order valence-corrected chi connectivity index (χ0v) is 15.6. The summed E-state index contributed by atoms with van der Waals surface area (Å²) in [5.41, 5.74) is 0.778. The van der Waals surface area contributed by atoms with Crippen molar-refractivity contribution in [1.29, 1.82) is 0 Å². The number of nitrogens with zero attached hydrogens (tertiary/aromatic N) is 3. The number of nitrogens with one attached hydrogen (secondary N) is 2. The fourth-order valence-electron chi connectivity index (χ4n) is 4.05. The van der Waals surface area contributed by atoms with Crippen LogP contribution in [0.1, 0.15) is 47.4 Å². The molecule has 0 saturated carbocycles. The van der Waals surface area contributed by atoms with Gasteiger partial charge in [0.2, 0.25) is 0 Å². The van der Waals surface area contributed by atoms with Crippen molar-refractivity contribution < 1.29 is 4.79 Å². The Labute approximate surface area is 160 Å². The quantitative estimate of drug-likeness (QED) is 0.773. The second kappa shape index (κ2) is 7.57. The number of hydrogen-bond donors (Lipinski definition) is 2. The molecule has 2 aromatic rings. The van der Waals surface area contributed by atoms with Crippen molar-refractivity contribution in [3.63, 3.8) is 0 Å². The van der Waals surface area contributed by atoms with Crippen LogP contribution in [0.5, 0.6) is 0 Å². The van der Waals surface area contributed by atoms with Gasteiger partial charge in [0.05, 0.1) is 5.69 Å². The van der Waals surface area contributed by atoms with E-state index >= 15 is 0 Å². The van der Waals surface area contributed by atoms with Crippen molar-refractivity contribution >= 4 is 5.91 Å². The molecule has 0 bridgehead atoms. The number of carbonyl (C=O) groups excluding carboxylic acids is 1. The van der Waals surface area contributed by atoms with Gasteiger partial charge in [0.25, 0.3) is 17.0 Å². The molecule has 4 rings (SSSR count). The minimum atomic E-state index is -0.691. The van der Waals surface area contributed by atoms with Gasteiger partial charge in [0.15, 0.2) is 0 Å². The highest BCUT2D eigenvalue weighted by atomic mass is 16.2. The molecule has 0 aromatic carbocycles. The van der Waals surface area contributed by atoms with Crippen molar-refractivity contribution in [3.8, 4) is 0 Å². The van der Waals surface area contributed by atoms with Gasteiger partial charge in [0, 0.05) is 31.8 Å². The number of piperidine rings is 1. The Bertz CT molecular complexity index is 1030. The zero-order valence-electron chi connectivity index (χ0n) is 15.6. The number of aryl methyl sites for hydroxylation is 2. The van der Waals surface area contributed by atoms with E-state index in [2.05, 4.69) is 15.1 Å². The molecule has 9 nitrogen and oxygen atoms in total. The van der Waals surface area contributed by atoms with Gasteiger partial charge in [-0.2, -0.15) is 5.10 Å². The molecule has 0 spiro atoms. The molecule has 2 aromatic heterocycles. The topological polar surface area (TPSA) is 121 Å². The van der Waals surface area contributed by atoms with E-state index in [0.717, 1.165) is 55.8 Å². The van der Waals surface area contributed by atoms with E-state index in [-0.39, 0.29) is 23.1 Å². The lowest BCUT2D eigenvalue weighted by atomic mass is 9.95. The number of likely N-dealkylation sites (tertiary alicyclic amines) is 1. The second-order valence-electron chi connectivity index (χ2n) is 7.58. The minimum absolute atomic E-state index is 0.000210. The molecule has 1 fully saturated rings. The van der Waals surface area contributed by atoms with Gasteiger partial charge in [0.1, 0.15) is 5.69 Å². The molecule has 1 saturated heterocycles. The zero-order chi connectivity index (χ0) is 19.7. The molecule has 3 heterocycles. The predicted molar refractivity (Wildman–Crippen MR) is 101 cm³/mol. The monoisotopic (exact) mass is 385 g/mol. The Morgan fingerprint density at radius 1 is 1.07 bits per heavy atom. The van der Waals surface area contributed by atoms with Gasteiger partial charge in [-0.1, -0.05) is 0 Å². The average Bonchev–Trinajstić information content (AvgIpc) is 2.68. The summed E-state index contributed by atoms with van der Waals surface area (Å²) in [6.07, 6.45) is 5.57. The third-order valence-electron chi connectivity index (χ3n) is 5.60. The first-order chi connectivity index (χ1) is 13.5. The van der Waals surface area contributed by atoms with Crippen LogP contribution in [0.25, 0.3) is 0 Å². The molecule has 0 unspecified atom stereocenters. The molecule has 2 aliphatic rings. The molecular weight excluding hydrogens is 362 g/mol. The van der Waals surface area contributed by atoms with Gasteiger partial charge in [-0.3, -0.25) is 19.4 Å². The van der Waals surface area contributed by atoms with Crippen molar-refractivity contribution in [3.05, 3.63) is 60.3 Å². The maximum Gasteiger partial charge on any atom is 0.326 e. The Balaban J connectivity index is 1.41. The van der Waals surface area contributed by atoms with Crippen LogP contribution in [0, 0.1) is 5.92 Å². The lowest BCUT2D eigenvalue weighted by Gasteiger charge is -2.32. The third-order valence-corrected chi connectivity index (χ3v) is 5.60. The van der Waals surface area contributed by atoms with E-state index in [4.69, 9.17) is 0 Å². The molecule has 1 aliphatic heterocycles. The van der Waals surface area contributed by atoms with E-state index in [9.17, 15) is 19.2 Å². The molecule has 0 radical (unpaired) electrons. The number of hydrogen-bond acceptors (Lipinski definition) is 5. The smallest absolute Gasteiger partial charge is 0.326 e. The maximum atomic E-state index is 12.5. The highest BCUT2D eigenvalue weighted by Crippen LogP contribution is 2.21. The number of amides is 1. The molecule has 9 heteroatoms. The summed E-state index contributed by atoms with van der Waals surface area (Å²) in [7, 11) is 0. The van der Waals surface area contributed by atoms with Crippen molar-refractivity contribution in [2.24, 2.45) is 5.92 Å². The molecule has 148 valence electrons. The van der Waals surface area contributed by atoms with E-state index in [1.807, 2.05) is 0 Å². The number of carbonyl (C=O) groups is 1. The normalized spacial score (nSPS) is 17.4. The molecule has 1 amide bonds. The first-order valence-corrected chi connectivity index (χ1v) is 9.72. The average molecular weight is 385 g/mol. The molecule has 28 heavy (non-hydrogen) atoms. The largest absolute Gasteiger partial charge is 0.337 e.